The fraction of sp³-hybridized carbons (Fsp3) is 0.667. The first kappa shape index (κ1) is 13.3. The monoisotopic (exact) mass is 248 g/mol. The van der Waals surface area contributed by atoms with Crippen molar-refractivity contribution in [2.24, 2.45) is 0 Å². The van der Waals surface area contributed by atoms with Gasteiger partial charge >= 0.3 is 0 Å². The lowest BCUT2D eigenvalue weighted by molar-refractivity contribution is 0.146. The first-order valence-electron chi connectivity index (χ1n) is 7.15. The maximum atomic E-state index is 11.3. The van der Waals surface area contributed by atoms with Crippen LogP contribution in [0.2, 0.25) is 0 Å². The van der Waals surface area contributed by atoms with Crippen LogP contribution in [0.5, 0.6) is 0 Å². The van der Waals surface area contributed by atoms with Crippen molar-refractivity contribution in [3.05, 3.63) is 33.7 Å². The van der Waals surface area contributed by atoms with Gasteiger partial charge in [0.25, 0.3) is 0 Å². The predicted molar refractivity (Wildman–Crippen MR) is 74.9 cm³/mol. The van der Waals surface area contributed by atoms with Crippen LogP contribution in [0.15, 0.2) is 17.1 Å². The van der Waals surface area contributed by atoms with Crippen LogP contribution in [0.4, 0.5) is 0 Å². The molecule has 0 aromatic carbocycles. The zero-order valence-electron chi connectivity index (χ0n) is 11.5. The molecule has 1 saturated heterocycles. The summed E-state index contributed by atoms with van der Waals surface area (Å²) < 4.78 is 0. The number of H-pyrrole nitrogens is 1. The van der Waals surface area contributed by atoms with E-state index in [1.807, 2.05) is 6.20 Å². The topological polar surface area (TPSA) is 36.1 Å². The van der Waals surface area contributed by atoms with Crippen molar-refractivity contribution in [1.29, 1.82) is 0 Å². The average Bonchev–Trinajstić information content (AvgIpc) is 2.37. The van der Waals surface area contributed by atoms with E-state index in [-0.39, 0.29) is 5.56 Å². The van der Waals surface area contributed by atoms with Crippen LogP contribution in [0.3, 0.4) is 0 Å². The second kappa shape index (κ2) is 6.19. The highest BCUT2D eigenvalue weighted by atomic mass is 16.1. The van der Waals surface area contributed by atoms with Gasteiger partial charge in [-0.05, 0) is 50.4 Å². The third-order valence-electron chi connectivity index (χ3n) is 3.94. The Morgan fingerprint density at radius 3 is 3.00 bits per heavy atom. The minimum absolute atomic E-state index is 0.00664. The molecular weight excluding hydrogens is 224 g/mol. The molecule has 0 aliphatic carbocycles. The Morgan fingerprint density at radius 2 is 2.28 bits per heavy atom. The molecule has 1 fully saturated rings. The highest BCUT2D eigenvalue weighted by Crippen LogP contribution is 2.31. The number of pyridine rings is 1. The summed E-state index contributed by atoms with van der Waals surface area (Å²) in [6, 6.07) is 2.23. The molecule has 100 valence electrons. The van der Waals surface area contributed by atoms with Gasteiger partial charge < -0.3 is 4.98 Å². The number of nitrogens with zero attached hydrogens (tertiary/aromatic N) is 1. The van der Waals surface area contributed by atoms with E-state index in [0.717, 1.165) is 5.56 Å². The third-order valence-corrected chi connectivity index (χ3v) is 3.94. The lowest BCUT2D eigenvalue weighted by Gasteiger charge is -2.36. The number of aromatic nitrogens is 1. The van der Waals surface area contributed by atoms with Gasteiger partial charge in [-0.1, -0.05) is 19.8 Å². The van der Waals surface area contributed by atoms with Gasteiger partial charge in [-0.25, -0.2) is 0 Å². The summed E-state index contributed by atoms with van der Waals surface area (Å²) in [5.74, 6) is 0. The van der Waals surface area contributed by atoms with Gasteiger partial charge in [0.15, 0.2) is 0 Å². The number of hydrogen-bond donors (Lipinski definition) is 1. The highest BCUT2D eigenvalue weighted by Gasteiger charge is 2.24. The van der Waals surface area contributed by atoms with E-state index in [4.69, 9.17) is 0 Å². The van der Waals surface area contributed by atoms with E-state index in [9.17, 15) is 4.79 Å². The Labute approximate surface area is 109 Å². The van der Waals surface area contributed by atoms with Gasteiger partial charge in [0.2, 0.25) is 5.56 Å². The Bertz CT molecular complexity index is 438. The molecule has 1 N–H and O–H groups in total. The van der Waals surface area contributed by atoms with Crippen LogP contribution in [-0.4, -0.2) is 23.0 Å². The van der Waals surface area contributed by atoms with E-state index in [1.54, 1.807) is 6.07 Å². The number of rotatable bonds is 4. The van der Waals surface area contributed by atoms with Crippen LogP contribution in [-0.2, 0) is 0 Å². The third kappa shape index (κ3) is 3.02. The molecule has 0 amide bonds. The summed E-state index contributed by atoms with van der Waals surface area (Å²) in [6.45, 7) is 6.67. The molecular formula is C15H24N2O. The van der Waals surface area contributed by atoms with E-state index in [1.165, 1.54) is 50.8 Å². The standard InChI is InChI=1S/C15H24N2O/c1-3-4-8-17-9-6-5-7-14(17)13-11-16-15(18)10-12(13)2/h10-11,14H,3-9H2,1-2H3,(H,16,18)/t14-/m0/s1. The number of aryl methyl sites for hydroxylation is 1. The molecule has 1 aromatic heterocycles. The molecule has 2 heterocycles. The van der Waals surface area contributed by atoms with E-state index < -0.39 is 0 Å². The summed E-state index contributed by atoms with van der Waals surface area (Å²) in [4.78, 5) is 16.7. The summed E-state index contributed by atoms with van der Waals surface area (Å²) in [5.41, 5.74) is 2.45. The largest absolute Gasteiger partial charge is 0.329 e. The summed E-state index contributed by atoms with van der Waals surface area (Å²) in [7, 11) is 0. The summed E-state index contributed by atoms with van der Waals surface area (Å²) >= 11 is 0. The van der Waals surface area contributed by atoms with Crippen LogP contribution >= 0.6 is 0 Å². The SMILES string of the molecule is CCCCN1CCCC[C@H]1c1c[nH]c(=O)cc1C. The zero-order chi connectivity index (χ0) is 13.0. The first-order chi connectivity index (χ1) is 8.72. The summed E-state index contributed by atoms with van der Waals surface area (Å²) in [6.07, 6.45) is 8.25. The zero-order valence-corrected chi connectivity index (χ0v) is 11.5. The average molecular weight is 248 g/mol. The van der Waals surface area contributed by atoms with Crippen molar-refractivity contribution in [2.45, 2.75) is 52.0 Å². The number of aromatic amines is 1. The fourth-order valence-corrected chi connectivity index (χ4v) is 2.92. The number of piperidine rings is 1. The van der Waals surface area contributed by atoms with Crippen molar-refractivity contribution < 1.29 is 0 Å². The second-order valence-electron chi connectivity index (χ2n) is 5.34. The Balaban J connectivity index is 2.19. The molecule has 1 aromatic rings. The minimum atomic E-state index is 0.00664. The van der Waals surface area contributed by atoms with Crippen molar-refractivity contribution >= 4 is 0 Å². The van der Waals surface area contributed by atoms with Crippen molar-refractivity contribution in [3.8, 4) is 0 Å². The van der Waals surface area contributed by atoms with Crippen LogP contribution < -0.4 is 5.56 Å². The maximum Gasteiger partial charge on any atom is 0.248 e. The maximum absolute atomic E-state index is 11.3. The van der Waals surface area contributed by atoms with Crippen LogP contribution in [0, 0.1) is 6.92 Å². The quantitative estimate of drug-likeness (QED) is 0.889. The van der Waals surface area contributed by atoms with Gasteiger partial charge in [0, 0.05) is 18.3 Å². The Morgan fingerprint density at radius 1 is 1.44 bits per heavy atom. The number of likely N-dealkylation sites (tertiary alicyclic amines) is 1. The molecule has 0 saturated carbocycles. The van der Waals surface area contributed by atoms with Gasteiger partial charge in [-0.2, -0.15) is 0 Å². The number of hydrogen-bond acceptors (Lipinski definition) is 2. The van der Waals surface area contributed by atoms with Crippen molar-refractivity contribution in [2.75, 3.05) is 13.1 Å². The normalized spacial score (nSPS) is 21.1. The van der Waals surface area contributed by atoms with Gasteiger partial charge in [0.05, 0.1) is 0 Å². The van der Waals surface area contributed by atoms with Crippen molar-refractivity contribution in [3.63, 3.8) is 0 Å². The molecule has 0 radical (unpaired) electrons. The summed E-state index contributed by atoms with van der Waals surface area (Å²) in [5, 5.41) is 0. The lowest BCUT2D eigenvalue weighted by atomic mass is 9.93. The molecule has 2 rings (SSSR count). The van der Waals surface area contributed by atoms with Crippen molar-refractivity contribution in [1.82, 2.24) is 9.88 Å². The van der Waals surface area contributed by atoms with Gasteiger partial charge in [0.1, 0.15) is 0 Å². The van der Waals surface area contributed by atoms with E-state index in [2.05, 4.69) is 23.7 Å². The number of unbranched alkanes of at least 4 members (excludes halogenated alkanes) is 1. The van der Waals surface area contributed by atoms with Crippen LogP contribution in [0.25, 0.3) is 0 Å². The van der Waals surface area contributed by atoms with Gasteiger partial charge in [-0.3, -0.25) is 9.69 Å². The lowest BCUT2D eigenvalue weighted by Crippen LogP contribution is -2.34. The smallest absolute Gasteiger partial charge is 0.248 e. The molecule has 3 nitrogen and oxygen atoms in total. The molecule has 1 aliphatic rings. The van der Waals surface area contributed by atoms with Crippen LogP contribution in [0.1, 0.15) is 56.2 Å². The molecule has 1 aliphatic heterocycles. The number of nitrogens with one attached hydrogen (secondary N) is 1. The Kier molecular flexibility index (Phi) is 4.59. The van der Waals surface area contributed by atoms with E-state index >= 15 is 0 Å². The fourth-order valence-electron chi connectivity index (χ4n) is 2.92. The second-order valence-corrected chi connectivity index (χ2v) is 5.34. The molecule has 0 unspecified atom stereocenters. The molecule has 3 heteroatoms. The van der Waals surface area contributed by atoms with E-state index in [0.29, 0.717) is 6.04 Å². The molecule has 18 heavy (non-hydrogen) atoms. The first-order valence-corrected chi connectivity index (χ1v) is 7.15. The van der Waals surface area contributed by atoms with Gasteiger partial charge in [-0.15, -0.1) is 0 Å². The minimum Gasteiger partial charge on any atom is -0.329 e. The highest BCUT2D eigenvalue weighted by molar-refractivity contribution is 5.25. The molecule has 1 atom stereocenters. The predicted octanol–water partition coefficient (Wildman–Crippen LogP) is 3.01. The Hall–Kier alpha value is -1.09. The molecule has 0 bridgehead atoms. The molecule has 0 spiro atoms.